The topological polar surface area (TPSA) is 18.5 Å². The summed E-state index contributed by atoms with van der Waals surface area (Å²) in [7, 11) is 3.23. The molecule has 0 saturated heterocycles. The van der Waals surface area contributed by atoms with Gasteiger partial charge in [0.25, 0.3) is 0 Å². The molecule has 11 heavy (non-hydrogen) atoms. The molecule has 0 amide bonds. The van der Waals surface area contributed by atoms with Crippen LogP contribution in [0.5, 0.6) is 11.5 Å². The fraction of sp³-hybridized carbons (Fsp3) is 0.250. The maximum absolute atomic E-state index is 5.10. The van der Waals surface area contributed by atoms with E-state index in [4.69, 9.17) is 9.47 Å². The minimum atomic E-state index is 0.731. The predicted molar refractivity (Wildman–Crippen MR) is 47.2 cm³/mol. The van der Waals surface area contributed by atoms with E-state index in [1.165, 1.54) is 0 Å². The summed E-state index contributed by atoms with van der Waals surface area (Å²) in [5.74, 6) is 1.47. The van der Waals surface area contributed by atoms with E-state index in [2.05, 4.69) is 15.9 Å². The lowest BCUT2D eigenvalue weighted by molar-refractivity contribution is 0.353. The maximum Gasteiger partial charge on any atom is 0.174 e. The average Bonchev–Trinajstić information content (AvgIpc) is 2.04. The first-order chi connectivity index (χ1) is 5.29. The molecule has 3 heteroatoms. The molecule has 0 fully saturated rings. The number of para-hydroxylation sites is 1. The van der Waals surface area contributed by atoms with Crippen LogP contribution in [0.25, 0.3) is 0 Å². The van der Waals surface area contributed by atoms with Crippen molar-refractivity contribution in [3.05, 3.63) is 22.7 Å². The summed E-state index contributed by atoms with van der Waals surface area (Å²) >= 11 is 3.34. The lowest BCUT2D eigenvalue weighted by atomic mass is 10.3. The van der Waals surface area contributed by atoms with Crippen LogP contribution in [0, 0.1) is 0 Å². The molecule has 0 unspecified atom stereocenters. The van der Waals surface area contributed by atoms with Gasteiger partial charge in [-0.1, -0.05) is 6.07 Å². The van der Waals surface area contributed by atoms with Crippen LogP contribution in [-0.2, 0) is 0 Å². The van der Waals surface area contributed by atoms with Gasteiger partial charge in [0.05, 0.1) is 18.7 Å². The zero-order valence-corrected chi connectivity index (χ0v) is 8.01. The molecule has 0 aliphatic carbocycles. The summed E-state index contributed by atoms with van der Waals surface area (Å²) in [6, 6.07) is 5.65. The zero-order valence-electron chi connectivity index (χ0n) is 6.43. The van der Waals surface area contributed by atoms with Gasteiger partial charge in [-0.05, 0) is 28.1 Å². The van der Waals surface area contributed by atoms with E-state index in [0.29, 0.717) is 0 Å². The predicted octanol–water partition coefficient (Wildman–Crippen LogP) is 2.47. The van der Waals surface area contributed by atoms with Crippen molar-refractivity contribution in [3.8, 4) is 11.5 Å². The van der Waals surface area contributed by atoms with Crippen LogP contribution >= 0.6 is 15.9 Å². The van der Waals surface area contributed by atoms with E-state index in [-0.39, 0.29) is 0 Å². The van der Waals surface area contributed by atoms with Gasteiger partial charge in [-0.2, -0.15) is 0 Å². The Bertz CT molecular complexity index is 248. The van der Waals surface area contributed by atoms with Gasteiger partial charge in [0.15, 0.2) is 11.5 Å². The van der Waals surface area contributed by atoms with Gasteiger partial charge in [0.2, 0.25) is 0 Å². The summed E-state index contributed by atoms with van der Waals surface area (Å²) in [6.07, 6.45) is 0. The van der Waals surface area contributed by atoms with Gasteiger partial charge in [-0.25, -0.2) is 0 Å². The summed E-state index contributed by atoms with van der Waals surface area (Å²) < 4.78 is 11.1. The average molecular weight is 217 g/mol. The van der Waals surface area contributed by atoms with Crippen LogP contribution in [0.4, 0.5) is 0 Å². The highest BCUT2D eigenvalue weighted by Gasteiger charge is 2.05. The molecule has 0 N–H and O–H groups in total. The minimum Gasteiger partial charge on any atom is -0.493 e. The zero-order chi connectivity index (χ0) is 8.27. The summed E-state index contributed by atoms with van der Waals surface area (Å²) in [6.45, 7) is 0. The highest BCUT2D eigenvalue weighted by atomic mass is 79.9. The third-order valence-corrected chi connectivity index (χ3v) is 1.98. The van der Waals surface area contributed by atoms with Crippen LogP contribution in [0.15, 0.2) is 22.7 Å². The van der Waals surface area contributed by atoms with Crippen molar-refractivity contribution >= 4 is 15.9 Å². The number of ether oxygens (including phenoxy) is 2. The molecule has 0 saturated carbocycles. The van der Waals surface area contributed by atoms with Gasteiger partial charge in [0, 0.05) is 0 Å². The lowest BCUT2D eigenvalue weighted by Crippen LogP contribution is -1.90. The SMILES string of the molecule is COc1cccc(Br)c1OC. The molecule has 2 nitrogen and oxygen atoms in total. The van der Waals surface area contributed by atoms with Crippen LogP contribution < -0.4 is 9.47 Å². The Morgan fingerprint density at radius 1 is 1.18 bits per heavy atom. The van der Waals surface area contributed by atoms with Crippen molar-refractivity contribution in [1.29, 1.82) is 0 Å². The summed E-state index contributed by atoms with van der Waals surface area (Å²) in [5, 5.41) is 0. The Kier molecular flexibility index (Phi) is 2.76. The molecule has 0 aliphatic heterocycles. The lowest BCUT2D eigenvalue weighted by Gasteiger charge is -2.07. The molecule has 0 spiro atoms. The Balaban J connectivity index is 3.13. The normalized spacial score (nSPS) is 9.36. The van der Waals surface area contributed by atoms with Gasteiger partial charge < -0.3 is 9.47 Å². The van der Waals surface area contributed by atoms with E-state index in [0.717, 1.165) is 16.0 Å². The van der Waals surface area contributed by atoms with Crippen LogP contribution in [0.2, 0.25) is 0 Å². The molecule has 60 valence electrons. The molecule has 0 heterocycles. The first-order valence-corrected chi connectivity index (χ1v) is 3.95. The fourth-order valence-electron chi connectivity index (χ4n) is 0.848. The summed E-state index contributed by atoms with van der Waals surface area (Å²) in [4.78, 5) is 0. The first-order valence-electron chi connectivity index (χ1n) is 3.16. The third-order valence-electron chi connectivity index (χ3n) is 1.35. The van der Waals surface area contributed by atoms with Crippen LogP contribution in [0.1, 0.15) is 0 Å². The van der Waals surface area contributed by atoms with Crippen molar-refractivity contribution in [2.45, 2.75) is 0 Å². The van der Waals surface area contributed by atoms with E-state index < -0.39 is 0 Å². The Hall–Kier alpha value is -0.700. The van der Waals surface area contributed by atoms with Gasteiger partial charge in [-0.3, -0.25) is 0 Å². The number of rotatable bonds is 2. The molecule has 0 bridgehead atoms. The second kappa shape index (κ2) is 3.62. The molecule has 0 aliphatic rings. The van der Waals surface area contributed by atoms with Gasteiger partial charge >= 0.3 is 0 Å². The van der Waals surface area contributed by atoms with Gasteiger partial charge in [-0.15, -0.1) is 0 Å². The molecule has 1 aromatic rings. The van der Waals surface area contributed by atoms with Gasteiger partial charge in [0.1, 0.15) is 0 Å². The number of hydrogen-bond acceptors (Lipinski definition) is 2. The van der Waals surface area contributed by atoms with Crippen molar-refractivity contribution in [3.63, 3.8) is 0 Å². The van der Waals surface area contributed by atoms with Crippen molar-refractivity contribution in [2.24, 2.45) is 0 Å². The molecule has 0 atom stereocenters. The minimum absolute atomic E-state index is 0.731. The van der Waals surface area contributed by atoms with Crippen molar-refractivity contribution < 1.29 is 9.47 Å². The highest BCUT2D eigenvalue weighted by molar-refractivity contribution is 9.10. The molecule has 1 aromatic carbocycles. The highest BCUT2D eigenvalue weighted by Crippen LogP contribution is 2.34. The monoisotopic (exact) mass is 216 g/mol. The van der Waals surface area contributed by atoms with Crippen molar-refractivity contribution in [2.75, 3.05) is 14.2 Å². The number of methoxy groups -OCH3 is 2. The Morgan fingerprint density at radius 3 is 2.36 bits per heavy atom. The molecular formula is C8H9BrO2. The third kappa shape index (κ3) is 1.66. The molecular weight excluding hydrogens is 208 g/mol. The van der Waals surface area contributed by atoms with Crippen molar-refractivity contribution in [1.82, 2.24) is 0 Å². The Morgan fingerprint density at radius 2 is 1.91 bits per heavy atom. The smallest absolute Gasteiger partial charge is 0.174 e. The quantitative estimate of drug-likeness (QED) is 0.757. The van der Waals surface area contributed by atoms with E-state index in [9.17, 15) is 0 Å². The number of halogens is 1. The van der Waals surface area contributed by atoms with Crippen LogP contribution in [-0.4, -0.2) is 14.2 Å². The second-order valence-electron chi connectivity index (χ2n) is 1.98. The van der Waals surface area contributed by atoms with E-state index in [1.54, 1.807) is 14.2 Å². The maximum atomic E-state index is 5.10. The second-order valence-corrected chi connectivity index (χ2v) is 2.83. The molecule has 1 rings (SSSR count). The van der Waals surface area contributed by atoms with Crippen LogP contribution in [0.3, 0.4) is 0 Å². The molecule has 0 radical (unpaired) electrons. The molecule has 0 aromatic heterocycles. The summed E-state index contributed by atoms with van der Waals surface area (Å²) in [5.41, 5.74) is 0. The van der Waals surface area contributed by atoms with E-state index >= 15 is 0 Å². The number of hydrogen-bond donors (Lipinski definition) is 0. The van der Waals surface area contributed by atoms with E-state index in [1.807, 2.05) is 18.2 Å². The fourth-order valence-corrected chi connectivity index (χ4v) is 1.36. The Labute approximate surface area is 74.3 Å². The standard InChI is InChI=1S/C8H9BrO2/c1-10-7-5-3-4-6(9)8(7)11-2/h3-5H,1-2H3. The first kappa shape index (κ1) is 8.40. The largest absolute Gasteiger partial charge is 0.493 e. The number of benzene rings is 1.